The second-order valence-electron chi connectivity index (χ2n) is 3.70. The summed E-state index contributed by atoms with van der Waals surface area (Å²) in [6.07, 6.45) is 2.22. The minimum Gasteiger partial charge on any atom is -0.466 e. The van der Waals surface area contributed by atoms with Crippen molar-refractivity contribution in [3.63, 3.8) is 0 Å². The van der Waals surface area contributed by atoms with E-state index < -0.39 is 0 Å². The first kappa shape index (κ1) is 11.4. The normalized spacial score (nSPS) is 10.9. The van der Waals surface area contributed by atoms with E-state index in [1.807, 2.05) is 13.8 Å². The molecule has 78 valence electrons. The fourth-order valence-corrected chi connectivity index (χ4v) is 2.29. The van der Waals surface area contributed by atoms with Crippen molar-refractivity contribution in [3.8, 4) is 0 Å². The van der Waals surface area contributed by atoms with Crippen LogP contribution in [-0.4, -0.2) is 4.86 Å². The molecule has 1 heterocycles. The highest BCUT2D eigenvalue weighted by Crippen LogP contribution is 2.22. The Morgan fingerprint density at radius 2 is 1.93 bits per heavy atom. The summed E-state index contributed by atoms with van der Waals surface area (Å²) in [5, 5.41) is 0. The smallest absolute Gasteiger partial charge is 0.109 e. The molecule has 0 aliphatic heterocycles. The lowest BCUT2D eigenvalue weighted by atomic mass is 9.94. The van der Waals surface area contributed by atoms with Crippen LogP contribution in [0.5, 0.6) is 0 Å². The average molecular weight is 210 g/mol. The van der Waals surface area contributed by atoms with E-state index in [0.29, 0.717) is 5.92 Å². The van der Waals surface area contributed by atoms with Crippen LogP contribution in [0.3, 0.4) is 0 Å². The van der Waals surface area contributed by atoms with Crippen LogP contribution in [0.25, 0.3) is 0 Å². The molecule has 0 amide bonds. The molecule has 0 N–H and O–H groups in total. The van der Waals surface area contributed by atoms with Crippen molar-refractivity contribution in [3.05, 3.63) is 23.2 Å². The third-order valence-electron chi connectivity index (χ3n) is 2.66. The second-order valence-corrected chi connectivity index (χ2v) is 4.14. The van der Waals surface area contributed by atoms with Crippen LogP contribution in [0.4, 0.5) is 0 Å². The van der Waals surface area contributed by atoms with E-state index in [4.69, 9.17) is 16.6 Å². The monoisotopic (exact) mass is 210 g/mol. The maximum Gasteiger partial charge on any atom is 0.109 e. The van der Waals surface area contributed by atoms with Crippen LogP contribution < -0.4 is 0 Å². The molecule has 0 radical (unpaired) electrons. The zero-order valence-electron chi connectivity index (χ0n) is 9.39. The SMILES string of the molecule is CCC(CC)C(=S)c1cc(C)oc1C. The Hall–Kier alpha value is -0.630. The van der Waals surface area contributed by atoms with Crippen molar-refractivity contribution in [2.24, 2.45) is 5.92 Å². The van der Waals surface area contributed by atoms with Gasteiger partial charge in [-0.05, 0) is 38.7 Å². The summed E-state index contributed by atoms with van der Waals surface area (Å²) in [5.74, 6) is 2.42. The second kappa shape index (κ2) is 4.74. The summed E-state index contributed by atoms with van der Waals surface area (Å²) in [7, 11) is 0. The largest absolute Gasteiger partial charge is 0.466 e. The van der Waals surface area contributed by atoms with Crippen molar-refractivity contribution in [1.82, 2.24) is 0 Å². The van der Waals surface area contributed by atoms with E-state index in [0.717, 1.165) is 34.8 Å². The predicted molar refractivity (Wildman–Crippen MR) is 64.0 cm³/mol. The molecular weight excluding hydrogens is 192 g/mol. The molecule has 0 aromatic carbocycles. The molecule has 0 unspecified atom stereocenters. The number of aryl methyl sites for hydroxylation is 2. The summed E-state index contributed by atoms with van der Waals surface area (Å²) < 4.78 is 5.49. The molecule has 0 aliphatic rings. The zero-order chi connectivity index (χ0) is 10.7. The Labute approximate surface area is 91.5 Å². The van der Waals surface area contributed by atoms with Gasteiger partial charge < -0.3 is 4.42 Å². The van der Waals surface area contributed by atoms with Gasteiger partial charge >= 0.3 is 0 Å². The van der Waals surface area contributed by atoms with Gasteiger partial charge in [0.1, 0.15) is 11.5 Å². The lowest BCUT2D eigenvalue weighted by molar-refractivity contribution is 0.503. The fourth-order valence-electron chi connectivity index (χ4n) is 1.75. The van der Waals surface area contributed by atoms with Gasteiger partial charge in [-0.15, -0.1) is 0 Å². The number of furan rings is 1. The van der Waals surface area contributed by atoms with Gasteiger partial charge in [-0.2, -0.15) is 0 Å². The van der Waals surface area contributed by atoms with Gasteiger partial charge in [-0.25, -0.2) is 0 Å². The van der Waals surface area contributed by atoms with Gasteiger partial charge in [0.05, 0.1) is 0 Å². The maximum atomic E-state index is 5.49. The molecule has 0 atom stereocenters. The highest BCUT2D eigenvalue weighted by Gasteiger charge is 2.16. The summed E-state index contributed by atoms with van der Waals surface area (Å²) >= 11 is 5.48. The van der Waals surface area contributed by atoms with Crippen LogP contribution in [0, 0.1) is 19.8 Å². The summed E-state index contributed by atoms with van der Waals surface area (Å²) in [6, 6.07) is 2.05. The third kappa shape index (κ3) is 2.24. The lowest BCUT2D eigenvalue weighted by Gasteiger charge is -2.12. The van der Waals surface area contributed by atoms with Gasteiger partial charge in [0.2, 0.25) is 0 Å². The fraction of sp³-hybridized carbons (Fsp3) is 0.583. The first-order valence-corrected chi connectivity index (χ1v) is 5.62. The highest BCUT2D eigenvalue weighted by atomic mass is 32.1. The average Bonchev–Trinajstić information content (AvgIpc) is 2.47. The number of thiocarbonyl (C=S) groups is 1. The molecule has 2 heteroatoms. The van der Waals surface area contributed by atoms with E-state index >= 15 is 0 Å². The molecule has 1 aromatic heterocycles. The Morgan fingerprint density at radius 1 is 1.36 bits per heavy atom. The highest BCUT2D eigenvalue weighted by molar-refractivity contribution is 7.80. The van der Waals surface area contributed by atoms with Gasteiger partial charge in [0.25, 0.3) is 0 Å². The van der Waals surface area contributed by atoms with Crippen molar-refractivity contribution < 1.29 is 4.42 Å². The molecule has 0 fully saturated rings. The van der Waals surface area contributed by atoms with Crippen LogP contribution in [0.2, 0.25) is 0 Å². The minimum atomic E-state index is 0.515. The Kier molecular flexibility index (Phi) is 3.87. The van der Waals surface area contributed by atoms with Crippen LogP contribution in [0.15, 0.2) is 10.5 Å². The Bertz CT molecular complexity index is 321. The Balaban J connectivity index is 2.93. The topological polar surface area (TPSA) is 13.1 Å². The van der Waals surface area contributed by atoms with Crippen molar-refractivity contribution >= 4 is 17.1 Å². The lowest BCUT2D eigenvalue weighted by Crippen LogP contribution is -2.11. The summed E-state index contributed by atoms with van der Waals surface area (Å²) in [4.78, 5) is 1.06. The molecule has 0 saturated heterocycles. The molecule has 1 aromatic rings. The molecule has 0 spiro atoms. The minimum absolute atomic E-state index is 0.515. The van der Waals surface area contributed by atoms with E-state index in [1.165, 1.54) is 0 Å². The van der Waals surface area contributed by atoms with E-state index in [2.05, 4.69) is 19.9 Å². The van der Waals surface area contributed by atoms with E-state index in [1.54, 1.807) is 0 Å². The Morgan fingerprint density at radius 3 is 2.29 bits per heavy atom. The van der Waals surface area contributed by atoms with Crippen molar-refractivity contribution in [2.75, 3.05) is 0 Å². The van der Waals surface area contributed by atoms with Crippen LogP contribution in [0.1, 0.15) is 43.8 Å². The van der Waals surface area contributed by atoms with Crippen molar-refractivity contribution in [1.29, 1.82) is 0 Å². The molecule has 1 rings (SSSR count). The van der Waals surface area contributed by atoms with Gasteiger partial charge in [0.15, 0.2) is 0 Å². The van der Waals surface area contributed by atoms with Gasteiger partial charge in [-0.3, -0.25) is 0 Å². The molecule has 14 heavy (non-hydrogen) atoms. The van der Waals surface area contributed by atoms with Gasteiger partial charge in [0, 0.05) is 10.4 Å². The van der Waals surface area contributed by atoms with Crippen LogP contribution >= 0.6 is 12.2 Å². The van der Waals surface area contributed by atoms with Crippen LogP contribution in [-0.2, 0) is 0 Å². The number of hydrogen-bond donors (Lipinski definition) is 0. The molecule has 1 nitrogen and oxygen atoms in total. The zero-order valence-corrected chi connectivity index (χ0v) is 10.2. The molecule has 0 aliphatic carbocycles. The van der Waals surface area contributed by atoms with Gasteiger partial charge in [-0.1, -0.05) is 26.1 Å². The van der Waals surface area contributed by atoms with E-state index in [-0.39, 0.29) is 0 Å². The standard InChI is InChI=1S/C12H18OS/c1-5-10(6-2)12(14)11-7-8(3)13-9(11)4/h7,10H,5-6H2,1-4H3. The number of hydrogen-bond acceptors (Lipinski definition) is 2. The first-order chi connectivity index (χ1) is 6.60. The van der Waals surface area contributed by atoms with E-state index in [9.17, 15) is 0 Å². The molecule has 0 saturated carbocycles. The molecular formula is C12H18OS. The number of rotatable bonds is 4. The maximum absolute atomic E-state index is 5.49. The van der Waals surface area contributed by atoms with Crippen molar-refractivity contribution in [2.45, 2.75) is 40.5 Å². The summed E-state index contributed by atoms with van der Waals surface area (Å²) in [5.41, 5.74) is 1.13. The predicted octanol–water partition coefficient (Wildman–Crippen LogP) is 4.05. The first-order valence-electron chi connectivity index (χ1n) is 5.21. The quantitative estimate of drug-likeness (QED) is 0.549. The summed E-state index contributed by atoms with van der Waals surface area (Å²) in [6.45, 7) is 8.31. The third-order valence-corrected chi connectivity index (χ3v) is 3.22. The molecule has 0 bridgehead atoms.